The summed E-state index contributed by atoms with van der Waals surface area (Å²) in [5.41, 5.74) is 4.87. The minimum Gasteiger partial charge on any atom is -0.465 e. The highest BCUT2D eigenvalue weighted by Crippen LogP contribution is 2.29. The average molecular weight is 379 g/mol. The van der Waals surface area contributed by atoms with Gasteiger partial charge in [-0.05, 0) is 38.5 Å². The highest BCUT2D eigenvalue weighted by atomic mass is 16.5. The molecule has 3 rings (SSSR count). The predicted octanol–water partition coefficient (Wildman–Crippen LogP) is 3.62. The molecule has 6 heteroatoms. The van der Waals surface area contributed by atoms with E-state index in [4.69, 9.17) is 4.74 Å². The van der Waals surface area contributed by atoms with E-state index in [1.807, 2.05) is 62.5 Å². The van der Waals surface area contributed by atoms with Crippen molar-refractivity contribution in [1.29, 1.82) is 0 Å². The van der Waals surface area contributed by atoms with Crippen LogP contribution in [0.15, 0.2) is 48.7 Å². The van der Waals surface area contributed by atoms with Gasteiger partial charge in [0.1, 0.15) is 12.6 Å². The molecule has 3 N–H and O–H groups in total. The maximum absolute atomic E-state index is 13.0. The molecule has 28 heavy (non-hydrogen) atoms. The van der Waals surface area contributed by atoms with Crippen molar-refractivity contribution in [2.45, 2.75) is 26.8 Å². The van der Waals surface area contributed by atoms with Crippen LogP contribution in [0.4, 0.5) is 5.69 Å². The van der Waals surface area contributed by atoms with Gasteiger partial charge < -0.3 is 20.4 Å². The maximum atomic E-state index is 13.0. The van der Waals surface area contributed by atoms with Gasteiger partial charge in [0.25, 0.3) is 0 Å². The number of hydrogen-bond donors (Lipinski definition) is 3. The lowest BCUT2D eigenvalue weighted by molar-refractivity contribution is -0.143. The number of aryl methyl sites for hydroxylation is 2. The zero-order valence-electron chi connectivity index (χ0n) is 16.3. The fourth-order valence-electron chi connectivity index (χ4n) is 3.14. The molecular weight excluding hydrogens is 354 g/mol. The molecular formula is C22H25N3O3. The lowest BCUT2D eigenvalue weighted by Gasteiger charge is -2.19. The molecule has 1 aromatic heterocycles. The second-order valence-electron chi connectivity index (χ2n) is 6.71. The van der Waals surface area contributed by atoms with Crippen LogP contribution >= 0.6 is 0 Å². The van der Waals surface area contributed by atoms with Gasteiger partial charge in [-0.2, -0.15) is 0 Å². The van der Waals surface area contributed by atoms with Gasteiger partial charge in [-0.15, -0.1) is 0 Å². The monoisotopic (exact) mass is 379 g/mol. The molecule has 146 valence electrons. The molecule has 0 aliphatic rings. The molecule has 2 aromatic carbocycles. The van der Waals surface area contributed by atoms with Crippen molar-refractivity contribution in [2.24, 2.45) is 0 Å². The molecule has 0 bridgehead atoms. The molecule has 0 saturated heterocycles. The van der Waals surface area contributed by atoms with E-state index >= 15 is 0 Å². The molecule has 1 atom stereocenters. The van der Waals surface area contributed by atoms with Gasteiger partial charge in [-0.1, -0.05) is 35.9 Å². The number of esters is 1. The van der Waals surface area contributed by atoms with Gasteiger partial charge >= 0.3 is 5.97 Å². The summed E-state index contributed by atoms with van der Waals surface area (Å²) >= 11 is 0. The van der Waals surface area contributed by atoms with E-state index in [1.165, 1.54) is 0 Å². The number of anilines is 1. The Morgan fingerprint density at radius 1 is 1.11 bits per heavy atom. The van der Waals surface area contributed by atoms with E-state index in [0.717, 1.165) is 33.3 Å². The summed E-state index contributed by atoms with van der Waals surface area (Å²) in [7, 11) is 0. The third kappa shape index (κ3) is 4.34. The zero-order valence-corrected chi connectivity index (χ0v) is 16.3. The minimum atomic E-state index is -0.660. The Labute approximate surface area is 164 Å². The first-order valence-electron chi connectivity index (χ1n) is 9.32. The summed E-state index contributed by atoms with van der Waals surface area (Å²) in [6.45, 7) is 5.87. The van der Waals surface area contributed by atoms with Gasteiger partial charge in [0.2, 0.25) is 5.91 Å². The molecule has 1 amide bonds. The Balaban J connectivity index is 1.91. The molecule has 6 nitrogen and oxygen atoms in total. The first kappa shape index (κ1) is 19.5. The van der Waals surface area contributed by atoms with Crippen LogP contribution in [0.5, 0.6) is 0 Å². The van der Waals surface area contributed by atoms with Gasteiger partial charge in [-0.25, -0.2) is 0 Å². The fraction of sp³-hybridized carbons (Fsp3) is 0.273. The molecule has 0 saturated carbocycles. The van der Waals surface area contributed by atoms with Gasteiger partial charge in [0.15, 0.2) is 0 Å². The molecule has 0 aliphatic carbocycles. The molecule has 0 aliphatic heterocycles. The number of aromatic amines is 1. The molecule has 0 unspecified atom stereocenters. The third-order valence-corrected chi connectivity index (χ3v) is 4.60. The SMILES string of the molecule is CCOC(=O)CNC(=O)[C@@H](Nc1ccc(C)cc1)c1c[nH]c2c(C)cccc12. The average Bonchev–Trinajstić information content (AvgIpc) is 3.11. The van der Waals surface area contributed by atoms with Crippen molar-refractivity contribution < 1.29 is 14.3 Å². The van der Waals surface area contributed by atoms with Crippen LogP contribution < -0.4 is 10.6 Å². The van der Waals surface area contributed by atoms with E-state index in [1.54, 1.807) is 6.92 Å². The van der Waals surface area contributed by atoms with Crippen molar-refractivity contribution in [3.8, 4) is 0 Å². The fourth-order valence-corrected chi connectivity index (χ4v) is 3.14. The number of fused-ring (bicyclic) bond motifs is 1. The van der Waals surface area contributed by atoms with Crippen molar-refractivity contribution in [1.82, 2.24) is 10.3 Å². The Hall–Kier alpha value is -3.28. The second-order valence-corrected chi connectivity index (χ2v) is 6.71. The Morgan fingerprint density at radius 2 is 1.86 bits per heavy atom. The molecule has 1 heterocycles. The van der Waals surface area contributed by atoms with Crippen molar-refractivity contribution >= 4 is 28.5 Å². The minimum absolute atomic E-state index is 0.167. The lowest BCUT2D eigenvalue weighted by Crippen LogP contribution is -2.37. The van der Waals surface area contributed by atoms with Gasteiger partial charge in [-0.3, -0.25) is 9.59 Å². The summed E-state index contributed by atoms with van der Waals surface area (Å²) < 4.78 is 4.90. The lowest BCUT2D eigenvalue weighted by atomic mass is 10.0. The maximum Gasteiger partial charge on any atom is 0.325 e. The summed E-state index contributed by atoms with van der Waals surface area (Å²) in [5, 5.41) is 6.94. The Bertz CT molecular complexity index is 976. The number of amides is 1. The number of carbonyl (C=O) groups excluding carboxylic acids is 2. The van der Waals surface area contributed by atoms with E-state index < -0.39 is 12.0 Å². The highest BCUT2D eigenvalue weighted by molar-refractivity contribution is 5.95. The first-order chi connectivity index (χ1) is 13.5. The second kappa shape index (κ2) is 8.61. The number of benzene rings is 2. The summed E-state index contributed by atoms with van der Waals surface area (Å²) in [6.07, 6.45) is 1.84. The van der Waals surface area contributed by atoms with Crippen LogP contribution in [0.3, 0.4) is 0 Å². The third-order valence-electron chi connectivity index (χ3n) is 4.60. The Morgan fingerprint density at radius 3 is 2.57 bits per heavy atom. The van der Waals surface area contributed by atoms with Crippen LogP contribution in [-0.4, -0.2) is 30.0 Å². The van der Waals surface area contributed by atoms with Crippen LogP contribution in [-0.2, 0) is 14.3 Å². The molecule has 0 radical (unpaired) electrons. The van der Waals surface area contributed by atoms with Crippen LogP contribution in [0, 0.1) is 13.8 Å². The number of para-hydroxylation sites is 1. The smallest absolute Gasteiger partial charge is 0.325 e. The molecule has 0 fully saturated rings. The topological polar surface area (TPSA) is 83.2 Å². The first-order valence-corrected chi connectivity index (χ1v) is 9.32. The van der Waals surface area contributed by atoms with Crippen molar-refractivity contribution in [3.63, 3.8) is 0 Å². The van der Waals surface area contributed by atoms with Crippen LogP contribution in [0.25, 0.3) is 10.9 Å². The largest absolute Gasteiger partial charge is 0.465 e. The van der Waals surface area contributed by atoms with Crippen LogP contribution in [0.2, 0.25) is 0 Å². The van der Waals surface area contributed by atoms with Crippen molar-refractivity contribution in [3.05, 3.63) is 65.4 Å². The Kier molecular flexibility index (Phi) is 5.99. The predicted molar refractivity (Wildman–Crippen MR) is 110 cm³/mol. The summed E-state index contributed by atoms with van der Waals surface area (Å²) in [5.74, 6) is -0.754. The highest BCUT2D eigenvalue weighted by Gasteiger charge is 2.24. The van der Waals surface area contributed by atoms with Crippen LogP contribution in [0.1, 0.15) is 29.7 Å². The normalized spacial score (nSPS) is 11.8. The number of rotatable bonds is 7. The van der Waals surface area contributed by atoms with Gasteiger partial charge in [0, 0.05) is 28.4 Å². The van der Waals surface area contributed by atoms with E-state index in [9.17, 15) is 9.59 Å². The number of ether oxygens (including phenoxy) is 1. The number of nitrogens with one attached hydrogen (secondary N) is 3. The number of H-pyrrole nitrogens is 1. The standard InChI is InChI=1S/C22H25N3O3/c1-4-28-19(26)13-24-22(27)21(25-16-10-8-14(2)9-11-16)18-12-23-20-15(3)6-5-7-17(18)20/h5-12,21,23,25H,4,13H2,1-3H3,(H,24,27)/t21-/m0/s1. The number of carbonyl (C=O) groups is 2. The van der Waals surface area contributed by atoms with E-state index in [0.29, 0.717) is 0 Å². The molecule has 0 spiro atoms. The van der Waals surface area contributed by atoms with E-state index in [-0.39, 0.29) is 19.1 Å². The number of hydrogen-bond acceptors (Lipinski definition) is 4. The quantitative estimate of drug-likeness (QED) is 0.548. The number of aromatic nitrogens is 1. The van der Waals surface area contributed by atoms with Crippen molar-refractivity contribution in [2.75, 3.05) is 18.5 Å². The zero-order chi connectivity index (χ0) is 20.1. The summed E-state index contributed by atoms with van der Waals surface area (Å²) in [4.78, 5) is 27.9. The van der Waals surface area contributed by atoms with E-state index in [2.05, 4.69) is 15.6 Å². The molecule has 3 aromatic rings. The summed E-state index contributed by atoms with van der Waals surface area (Å²) in [6, 6.07) is 13.1. The van der Waals surface area contributed by atoms with Gasteiger partial charge in [0.05, 0.1) is 6.61 Å².